The van der Waals surface area contributed by atoms with Crippen molar-refractivity contribution in [1.29, 1.82) is 0 Å². The summed E-state index contributed by atoms with van der Waals surface area (Å²) in [5.74, 6) is 2.45. The first kappa shape index (κ1) is 19.7. The summed E-state index contributed by atoms with van der Waals surface area (Å²) in [6.07, 6.45) is 0. The standard InChI is InChI=1S/C24H24N4O3S/c1-26-23-17-4-2-3-5-21(17)32-14-18(23)22(25-26)24(29)28-10-8-27(9-11-28)13-16-6-7-19-20(12-16)31-15-30-19/h2-7,12H,8-11,13-15H2,1H3. The molecule has 0 radical (unpaired) electrons. The molecule has 7 nitrogen and oxygen atoms in total. The fourth-order valence-electron chi connectivity index (χ4n) is 4.71. The van der Waals surface area contributed by atoms with Gasteiger partial charge < -0.3 is 14.4 Å². The SMILES string of the molecule is Cn1nc(C(=O)N2CCN(Cc3ccc4c(c3)OCO4)CC2)c2c1-c1ccccc1SC2. The minimum Gasteiger partial charge on any atom is -0.454 e. The number of piperazine rings is 1. The molecule has 3 aliphatic rings. The van der Waals surface area contributed by atoms with Gasteiger partial charge in [-0.1, -0.05) is 24.3 Å². The van der Waals surface area contributed by atoms with E-state index in [1.165, 1.54) is 16.0 Å². The largest absolute Gasteiger partial charge is 0.454 e. The fraction of sp³-hybridized carbons (Fsp3) is 0.333. The van der Waals surface area contributed by atoms with Crippen LogP contribution in [0.3, 0.4) is 0 Å². The molecule has 3 aliphatic heterocycles. The van der Waals surface area contributed by atoms with Crippen molar-refractivity contribution in [2.75, 3.05) is 33.0 Å². The highest BCUT2D eigenvalue weighted by molar-refractivity contribution is 7.98. The molecule has 1 fully saturated rings. The zero-order chi connectivity index (χ0) is 21.7. The Morgan fingerprint density at radius 1 is 1.06 bits per heavy atom. The van der Waals surface area contributed by atoms with Crippen molar-refractivity contribution >= 4 is 17.7 Å². The van der Waals surface area contributed by atoms with Gasteiger partial charge in [-0.2, -0.15) is 5.10 Å². The Morgan fingerprint density at radius 3 is 2.75 bits per heavy atom. The number of hydrogen-bond acceptors (Lipinski definition) is 6. The van der Waals surface area contributed by atoms with Gasteiger partial charge in [-0.25, -0.2) is 0 Å². The van der Waals surface area contributed by atoms with Crippen LogP contribution < -0.4 is 9.47 Å². The van der Waals surface area contributed by atoms with Crippen LogP contribution in [0.5, 0.6) is 11.5 Å². The number of thioether (sulfide) groups is 1. The second-order valence-electron chi connectivity index (χ2n) is 8.34. The Balaban J connectivity index is 1.15. The lowest BCUT2D eigenvalue weighted by Gasteiger charge is -2.34. The van der Waals surface area contributed by atoms with Crippen LogP contribution in [-0.2, 0) is 19.3 Å². The first-order chi connectivity index (χ1) is 15.7. The lowest BCUT2D eigenvalue weighted by molar-refractivity contribution is 0.0621. The van der Waals surface area contributed by atoms with Crippen molar-refractivity contribution in [3.8, 4) is 22.8 Å². The van der Waals surface area contributed by atoms with Crippen molar-refractivity contribution in [3.63, 3.8) is 0 Å². The minimum atomic E-state index is 0.0459. The average molecular weight is 449 g/mol. The predicted molar refractivity (Wildman–Crippen MR) is 122 cm³/mol. The third-order valence-electron chi connectivity index (χ3n) is 6.36. The topological polar surface area (TPSA) is 59.8 Å². The van der Waals surface area contributed by atoms with Crippen LogP contribution in [0.1, 0.15) is 21.6 Å². The van der Waals surface area contributed by atoms with Crippen LogP contribution in [0, 0.1) is 0 Å². The molecule has 32 heavy (non-hydrogen) atoms. The number of carbonyl (C=O) groups excluding carboxylic acids is 1. The summed E-state index contributed by atoms with van der Waals surface area (Å²) in [6, 6.07) is 14.5. The van der Waals surface area contributed by atoms with E-state index in [0.717, 1.165) is 48.1 Å². The van der Waals surface area contributed by atoms with Gasteiger partial charge in [0.05, 0.1) is 5.69 Å². The molecule has 0 unspecified atom stereocenters. The molecule has 3 aromatic rings. The Labute approximate surface area is 190 Å². The first-order valence-corrected chi connectivity index (χ1v) is 11.8. The van der Waals surface area contributed by atoms with Gasteiger partial charge in [0, 0.05) is 61.5 Å². The van der Waals surface area contributed by atoms with Crippen LogP contribution >= 0.6 is 11.8 Å². The van der Waals surface area contributed by atoms with Crippen molar-refractivity contribution < 1.29 is 14.3 Å². The molecular weight excluding hydrogens is 424 g/mol. The molecule has 1 amide bonds. The number of aryl methyl sites for hydroxylation is 1. The highest BCUT2D eigenvalue weighted by atomic mass is 32.2. The first-order valence-electron chi connectivity index (χ1n) is 10.9. The van der Waals surface area contributed by atoms with Gasteiger partial charge in [0.1, 0.15) is 0 Å². The number of hydrogen-bond donors (Lipinski definition) is 0. The summed E-state index contributed by atoms with van der Waals surface area (Å²) in [4.78, 5) is 19.0. The number of ether oxygens (including phenoxy) is 2. The molecule has 1 aromatic heterocycles. The molecule has 0 aliphatic carbocycles. The average Bonchev–Trinajstić information content (AvgIpc) is 3.43. The number of rotatable bonds is 3. The summed E-state index contributed by atoms with van der Waals surface area (Å²) >= 11 is 1.78. The van der Waals surface area contributed by atoms with Crippen LogP contribution in [-0.4, -0.2) is 58.5 Å². The summed E-state index contributed by atoms with van der Waals surface area (Å²) in [6.45, 7) is 4.22. The van der Waals surface area contributed by atoms with Gasteiger partial charge >= 0.3 is 0 Å². The lowest BCUT2D eigenvalue weighted by Crippen LogP contribution is -2.48. The van der Waals surface area contributed by atoms with Gasteiger partial charge in [-0.15, -0.1) is 11.8 Å². The van der Waals surface area contributed by atoms with E-state index >= 15 is 0 Å². The van der Waals surface area contributed by atoms with E-state index in [4.69, 9.17) is 9.47 Å². The van der Waals surface area contributed by atoms with E-state index < -0.39 is 0 Å². The normalized spacial score (nSPS) is 17.2. The maximum atomic E-state index is 13.4. The number of amides is 1. The third kappa shape index (κ3) is 3.34. The van der Waals surface area contributed by atoms with Crippen LogP contribution in [0.25, 0.3) is 11.3 Å². The summed E-state index contributed by atoms with van der Waals surface area (Å²) in [5.41, 5.74) is 5.10. The van der Waals surface area contributed by atoms with Crippen molar-refractivity contribution in [2.45, 2.75) is 17.2 Å². The highest BCUT2D eigenvalue weighted by Crippen LogP contribution is 2.42. The summed E-state index contributed by atoms with van der Waals surface area (Å²) in [5, 5.41) is 4.66. The van der Waals surface area contributed by atoms with Crippen molar-refractivity contribution in [3.05, 3.63) is 59.3 Å². The molecule has 0 bridgehead atoms. The van der Waals surface area contributed by atoms with E-state index in [0.29, 0.717) is 25.6 Å². The van der Waals surface area contributed by atoms with Gasteiger partial charge in [0.2, 0.25) is 6.79 Å². The Bertz CT molecular complexity index is 1200. The molecule has 0 spiro atoms. The molecular formula is C24H24N4O3S. The van der Waals surface area contributed by atoms with Gasteiger partial charge in [0.15, 0.2) is 17.2 Å². The molecule has 164 valence electrons. The number of nitrogens with zero attached hydrogens (tertiary/aromatic N) is 4. The third-order valence-corrected chi connectivity index (χ3v) is 7.46. The van der Waals surface area contributed by atoms with E-state index in [1.54, 1.807) is 11.8 Å². The van der Waals surface area contributed by atoms with Gasteiger partial charge in [-0.05, 0) is 23.8 Å². The Hall–Kier alpha value is -2.97. The summed E-state index contributed by atoms with van der Waals surface area (Å²) in [7, 11) is 1.94. The number of aromatic nitrogens is 2. The molecule has 0 atom stereocenters. The maximum absolute atomic E-state index is 13.4. The highest BCUT2D eigenvalue weighted by Gasteiger charge is 2.31. The smallest absolute Gasteiger partial charge is 0.274 e. The van der Waals surface area contributed by atoms with E-state index in [9.17, 15) is 4.79 Å². The molecule has 4 heterocycles. The van der Waals surface area contributed by atoms with Crippen LogP contribution in [0.15, 0.2) is 47.4 Å². The van der Waals surface area contributed by atoms with Gasteiger partial charge in [-0.3, -0.25) is 14.4 Å². The lowest BCUT2D eigenvalue weighted by atomic mass is 10.1. The van der Waals surface area contributed by atoms with E-state index in [-0.39, 0.29) is 5.91 Å². The molecule has 6 rings (SSSR count). The second-order valence-corrected chi connectivity index (χ2v) is 9.36. The number of benzene rings is 2. The zero-order valence-corrected chi connectivity index (χ0v) is 18.7. The Kier molecular flexibility index (Phi) is 4.84. The number of carbonyl (C=O) groups is 1. The molecule has 0 saturated carbocycles. The second kappa shape index (κ2) is 7.86. The van der Waals surface area contributed by atoms with Crippen molar-refractivity contribution in [2.24, 2.45) is 7.05 Å². The van der Waals surface area contributed by atoms with Crippen molar-refractivity contribution in [1.82, 2.24) is 19.6 Å². The molecule has 2 aromatic carbocycles. The molecule has 8 heteroatoms. The molecule has 0 N–H and O–H groups in total. The predicted octanol–water partition coefficient (Wildman–Crippen LogP) is 3.38. The fourth-order valence-corrected chi connectivity index (χ4v) is 5.78. The zero-order valence-electron chi connectivity index (χ0n) is 17.9. The van der Waals surface area contributed by atoms with Crippen LogP contribution in [0.4, 0.5) is 0 Å². The Morgan fingerprint density at radius 2 is 1.88 bits per heavy atom. The monoisotopic (exact) mass is 448 g/mol. The maximum Gasteiger partial charge on any atom is 0.274 e. The van der Waals surface area contributed by atoms with E-state index in [1.807, 2.05) is 28.8 Å². The van der Waals surface area contributed by atoms with E-state index in [2.05, 4.69) is 40.3 Å². The van der Waals surface area contributed by atoms with Gasteiger partial charge in [0.25, 0.3) is 5.91 Å². The summed E-state index contributed by atoms with van der Waals surface area (Å²) < 4.78 is 12.8. The number of fused-ring (bicyclic) bond motifs is 4. The minimum absolute atomic E-state index is 0.0459. The van der Waals surface area contributed by atoms with Crippen LogP contribution in [0.2, 0.25) is 0 Å². The molecule has 1 saturated heterocycles. The quantitative estimate of drug-likeness (QED) is 0.612.